The lowest BCUT2D eigenvalue weighted by Gasteiger charge is -2.37. The number of hydrogen-bond donors (Lipinski definition) is 2. The average molecular weight is 580 g/mol. The monoisotopic (exact) mass is 579 g/mol. The molecule has 10 heteroatoms. The Kier molecular flexibility index (Phi) is 9.69. The zero-order valence-corrected chi connectivity index (χ0v) is 24.5. The lowest BCUT2D eigenvalue weighted by Crippen LogP contribution is -2.50. The molecule has 0 bridgehead atoms. The maximum Gasteiger partial charge on any atom is 0.321 e. The first-order chi connectivity index (χ1) is 19.6. The molecule has 3 aromatic carbocycles. The van der Waals surface area contributed by atoms with Crippen LogP contribution in [0.3, 0.4) is 0 Å². The van der Waals surface area contributed by atoms with E-state index in [-0.39, 0.29) is 42.3 Å². The van der Waals surface area contributed by atoms with E-state index in [1.165, 1.54) is 9.21 Å². The van der Waals surface area contributed by atoms with Crippen LogP contribution >= 0.6 is 0 Å². The molecule has 3 atom stereocenters. The number of carbonyl (C=O) groups excluding carboxylic acids is 1. The predicted molar refractivity (Wildman–Crippen MR) is 160 cm³/mol. The summed E-state index contributed by atoms with van der Waals surface area (Å²) in [5.41, 5.74) is 2.36. The minimum atomic E-state index is -3.97. The Balaban J connectivity index is 1.64. The van der Waals surface area contributed by atoms with Gasteiger partial charge in [0.25, 0.3) is 0 Å². The van der Waals surface area contributed by atoms with E-state index >= 15 is 0 Å². The highest BCUT2D eigenvalue weighted by atomic mass is 32.2. The summed E-state index contributed by atoms with van der Waals surface area (Å²) in [5, 5.41) is 12.7. The average Bonchev–Trinajstić information content (AvgIpc) is 2.97. The van der Waals surface area contributed by atoms with Gasteiger partial charge in [-0.25, -0.2) is 13.2 Å². The molecule has 41 heavy (non-hydrogen) atoms. The standard InChI is InChI=1S/C31H37N3O6S/c1-22-19-34(23(2)21-35)41(37,38)30-16-15-25(14-13-24-9-6-5-7-10-24)17-28(30)40-29(22)20-33(3)31(36)32-26-11-8-12-27(18-26)39-4/h5-18,22-23,29,35H,19-21H2,1-4H3,(H,32,36)/b14-13+/t22-,23-,29-/m0/s1. The van der Waals surface area contributed by atoms with Crippen molar-refractivity contribution in [3.05, 3.63) is 83.9 Å². The molecular formula is C31H37N3O6S. The lowest BCUT2D eigenvalue weighted by molar-refractivity contribution is 0.0830. The van der Waals surface area contributed by atoms with Crippen LogP contribution in [-0.4, -0.2) is 74.8 Å². The summed E-state index contributed by atoms with van der Waals surface area (Å²) >= 11 is 0. The second-order valence-corrected chi connectivity index (χ2v) is 12.1. The summed E-state index contributed by atoms with van der Waals surface area (Å²) in [5.74, 6) is 0.520. The molecule has 218 valence electrons. The van der Waals surface area contributed by atoms with Gasteiger partial charge < -0.3 is 24.8 Å². The molecule has 0 spiro atoms. The van der Waals surface area contributed by atoms with E-state index < -0.39 is 22.2 Å². The summed E-state index contributed by atoms with van der Waals surface area (Å²) in [6.45, 7) is 3.55. The smallest absolute Gasteiger partial charge is 0.321 e. The summed E-state index contributed by atoms with van der Waals surface area (Å²) in [6.07, 6.45) is 3.30. The number of nitrogens with zero attached hydrogens (tertiary/aromatic N) is 2. The zero-order chi connectivity index (χ0) is 29.6. The Morgan fingerprint density at radius 2 is 1.85 bits per heavy atom. The van der Waals surface area contributed by atoms with Gasteiger partial charge in [0.1, 0.15) is 22.5 Å². The SMILES string of the molecule is COc1cccc(NC(=O)N(C)C[C@@H]2Oc3cc(/C=C/c4ccccc4)ccc3S(=O)(=O)N([C@@H](C)CO)C[C@@H]2C)c1. The number of aliphatic hydroxyl groups excluding tert-OH is 1. The van der Waals surface area contributed by atoms with E-state index in [0.29, 0.717) is 11.4 Å². The third-order valence-corrected chi connectivity index (χ3v) is 9.10. The minimum absolute atomic E-state index is 0.0232. The number of urea groups is 1. The minimum Gasteiger partial charge on any atom is -0.497 e. The van der Waals surface area contributed by atoms with Gasteiger partial charge in [-0.05, 0) is 42.3 Å². The van der Waals surface area contributed by atoms with E-state index in [4.69, 9.17) is 9.47 Å². The molecule has 4 rings (SSSR count). The van der Waals surface area contributed by atoms with Crippen LogP contribution in [0.1, 0.15) is 25.0 Å². The van der Waals surface area contributed by atoms with Crippen molar-refractivity contribution in [3.8, 4) is 11.5 Å². The number of hydrogen-bond acceptors (Lipinski definition) is 6. The summed E-state index contributed by atoms with van der Waals surface area (Å²) in [4.78, 5) is 14.6. The van der Waals surface area contributed by atoms with Crippen molar-refractivity contribution in [1.82, 2.24) is 9.21 Å². The molecule has 0 radical (unpaired) electrons. The number of aliphatic hydroxyl groups is 1. The van der Waals surface area contributed by atoms with Gasteiger partial charge in [-0.15, -0.1) is 0 Å². The van der Waals surface area contributed by atoms with Crippen molar-refractivity contribution in [1.29, 1.82) is 0 Å². The predicted octanol–water partition coefficient (Wildman–Crippen LogP) is 4.80. The van der Waals surface area contributed by atoms with Crippen LogP contribution in [0.4, 0.5) is 10.5 Å². The van der Waals surface area contributed by atoms with Gasteiger partial charge in [-0.3, -0.25) is 0 Å². The summed E-state index contributed by atoms with van der Waals surface area (Å²) in [7, 11) is -0.747. The molecule has 0 saturated carbocycles. The van der Waals surface area contributed by atoms with Crippen molar-refractivity contribution >= 4 is 33.9 Å². The van der Waals surface area contributed by atoms with Crippen LogP contribution < -0.4 is 14.8 Å². The Labute approximate surface area is 242 Å². The van der Waals surface area contributed by atoms with Gasteiger partial charge in [0, 0.05) is 37.3 Å². The molecular weight excluding hydrogens is 542 g/mol. The van der Waals surface area contributed by atoms with Crippen LogP contribution in [0.25, 0.3) is 12.2 Å². The fraction of sp³-hybridized carbons (Fsp3) is 0.323. The van der Waals surface area contributed by atoms with Crippen molar-refractivity contribution in [3.63, 3.8) is 0 Å². The number of methoxy groups -OCH3 is 1. The zero-order valence-electron chi connectivity index (χ0n) is 23.7. The van der Waals surface area contributed by atoms with E-state index in [2.05, 4.69) is 5.32 Å². The van der Waals surface area contributed by atoms with Gasteiger partial charge in [0.05, 0.1) is 20.3 Å². The molecule has 2 amide bonds. The topological polar surface area (TPSA) is 108 Å². The summed E-state index contributed by atoms with van der Waals surface area (Å²) < 4.78 is 40.4. The molecule has 9 nitrogen and oxygen atoms in total. The molecule has 3 aromatic rings. The van der Waals surface area contributed by atoms with Crippen molar-refractivity contribution in [2.45, 2.75) is 30.9 Å². The molecule has 0 saturated heterocycles. The Hall–Kier alpha value is -3.86. The van der Waals surface area contributed by atoms with Gasteiger partial charge in [-0.1, -0.05) is 61.5 Å². The van der Waals surface area contributed by atoms with Crippen LogP contribution in [0.15, 0.2) is 77.7 Å². The van der Waals surface area contributed by atoms with Gasteiger partial charge in [0.15, 0.2) is 0 Å². The third-order valence-electron chi connectivity index (χ3n) is 7.08. The van der Waals surface area contributed by atoms with E-state index in [0.717, 1.165) is 11.1 Å². The molecule has 0 unspecified atom stereocenters. The molecule has 1 heterocycles. The lowest BCUT2D eigenvalue weighted by atomic mass is 10.0. The highest BCUT2D eigenvalue weighted by molar-refractivity contribution is 7.89. The number of ether oxygens (including phenoxy) is 2. The highest BCUT2D eigenvalue weighted by Gasteiger charge is 2.38. The Morgan fingerprint density at radius 3 is 2.56 bits per heavy atom. The van der Waals surface area contributed by atoms with Crippen molar-refractivity contribution in [2.75, 3.05) is 39.2 Å². The first kappa shape index (κ1) is 30.1. The first-order valence-corrected chi connectivity index (χ1v) is 14.9. The molecule has 2 N–H and O–H groups in total. The van der Waals surface area contributed by atoms with E-state index in [1.807, 2.05) is 49.4 Å². The van der Waals surface area contributed by atoms with Gasteiger partial charge in [-0.2, -0.15) is 4.31 Å². The number of nitrogens with one attached hydrogen (secondary N) is 1. The molecule has 0 aliphatic carbocycles. The summed E-state index contributed by atoms with van der Waals surface area (Å²) in [6, 6.07) is 20.8. The van der Waals surface area contributed by atoms with Crippen molar-refractivity contribution < 1.29 is 27.8 Å². The number of benzene rings is 3. The third kappa shape index (κ3) is 7.27. The number of sulfonamides is 1. The van der Waals surface area contributed by atoms with E-state index in [9.17, 15) is 18.3 Å². The first-order valence-electron chi connectivity index (χ1n) is 13.4. The normalized spacial score (nSPS) is 19.3. The largest absolute Gasteiger partial charge is 0.497 e. The number of rotatable bonds is 8. The Bertz CT molecular complexity index is 1480. The van der Waals surface area contributed by atoms with Crippen LogP contribution in [0.2, 0.25) is 0 Å². The number of carbonyl (C=O) groups is 1. The second-order valence-electron chi connectivity index (χ2n) is 10.2. The van der Waals surface area contributed by atoms with E-state index in [1.54, 1.807) is 63.5 Å². The van der Waals surface area contributed by atoms with Crippen molar-refractivity contribution in [2.24, 2.45) is 5.92 Å². The highest BCUT2D eigenvalue weighted by Crippen LogP contribution is 2.34. The molecule has 0 aromatic heterocycles. The maximum absolute atomic E-state index is 13.7. The molecule has 1 aliphatic rings. The molecule has 0 fully saturated rings. The van der Waals surface area contributed by atoms with Crippen LogP contribution in [0.5, 0.6) is 11.5 Å². The maximum atomic E-state index is 13.7. The fourth-order valence-corrected chi connectivity index (χ4v) is 6.42. The quantitative estimate of drug-likeness (QED) is 0.371. The number of amides is 2. The number of fused-ring (bicyclic) bond motifs is 1. The van der Waals surface area contributed by atoms with Crippen LogP contribution in [-0.2, 0) is 10.0 Å². The number of anilines is 1. The van der Waals surface area contributed by atoms with Gasteiger partial charge in [0.2, 0.25) is 10.0 Å². The molecule has 1 aliphatic heterocycles. The van der Waals surface area contributed by atoms with Gasteiger partial charge >= 0.3 is 6.03 Å². The second kappa shape index (κ2) is 13.2. The van der Waals surface area contributed by atoms with Crippen LogP contribution in [0, 0.1) is 5.92 Å². The number of likely N-dealkylation sites (N-methyl/N-ethyl adjacent to an activating group) is 1. The fourth-order valence-electron chi connectivity index (χ4n) is 4.59. The Morgan fingerprint density at radius 1 is 1.12 bits per heavy atom.